The van der Waals surface area contributed by atoms with Crippen molar-refractivity contribution >= 4 is 22.6 Å². The predicted molar refractivity (Wildman–Crippen MR) is 113 cm³/mol. The van der Waals surface area contributed by atoms with E-state index in [4.69, 9.17) is 4.42 Å². The molecule has 0 aliphatic carbocycles. The van der Waals surface area contributed by atoms with E-state index in [2.05, 4.69) is 52.4 Å². The van der Waals surface area contributed by atoms with Crippen molar-refractivity contribution < 1.29 is 9.21 Å². The summed E-state index contributed by atoms with van der Waals surface area (Å²) in [5.74, 6) is 0.238. The van der Waals surface area contributed by atoms with Crippen LogP contribution in [0, 0.1) is 0 Å². The third-order valence-corrected chi connectivity index (χ3v) is 5.40. The number of anilines is 1. The largest absolute Gasteiger partial charge is 0.451 e. The Hall–Kier alpha value is -2.79. The Balaban J connectivity index is 1.22. The smallest absolute Gasteiger partial charge is 0.287 e. The van der Waals surface area contributed by atoms with Crippen molar-refractivity contribution in [2.24, 2.45) is 0 Å². The summed E-state index contributed by atoms with van der Waals surface area (Å²) in [4.78, 5) is 17.4. The molecule has 0 saturated carbocycles. The number of nitrogens with zero attached hydrogens (tertiary/aromatic N) is 2. The molecule has 1 fully saturated rings. The van der Waals surface area contributed by atoms with Crippen LogP contribution in [0.15, 0.2) is 65.1 Å². The lowest BCUT2D eigenvalue weighted by Gasteiger charge is -2.36. The van der Waals surface area contributed by atoms with Crippen molar-refractivity contribution in [3.8, 4) is 0 Å². The molecule has 0 radical (unpaired) electrons. The van der Waals surface area contributed by atoms with Crippen molar-refractivity contribution in [1.82, 2.24) is 10.2 Å². The summed E-state index contributed by atoms with van der Waals surface area (Å²) in [5, 5.41) is 4.02. The minimum atomic E-state index is -0.141. The molecule has 5 nitrogen and oxygen atoms in total. The van der Waals surface area contributed by atoms with E-state index in [1.54, 1.807) is 6.07 Å². The molecule has 1 N–H and O–H groups in total. The molecule has 0 bridgehead atoms. The maximum Gasteiger partial charge on any atom is 0.287 e. The minimum absolute atomic E-state index is 0.105. The molecule has 28 heavy (non-hydrogen) atoms. The quantitative estimate of drug-likeness (QED) is 0.711. The number of hydrogen-bond acceptors (Lipinski definition) is 4. The lowest BCUT2D eigenvalue weighted by atomic mass is 10.2. The van der Waals surface area contributed by atoms with Gasteiger partial charge in [-0.05, 0) is 37.6 Å². The number of carbonyl (C=O) groups is 1. The number of amides is 1. The molecule has 0 spiro atoms. The number of hydrogen-bond donors (Lipinski definition) is 1. The second-order valence-electron chi connectivity index (χ2n) is 7.48. The van der Waals surface area contributed by atoms with Crippen molar-refractivity contribution in [3.05, 3.63) is 66.4 Å². The first-order chi connectivity index (χ1) is 13.7. The molecule has 1 amide bonds. The van der Waals surface area contributed by atoms with Crippen molar-refractivity contribution in [2.45, 2.75) is 19.4 Å². The van der Waals surface area contributed by atoms with Crippen LogP contribution >= 0.6 is 0 Å². The molecule has 1 saturated heterocycles. The molecule has 4 rings (SSSR count). The number of furan rings is 1. The van der Waals surface area contributed by atoms with Gasteiger partial charge in [-0.25, -0.2) is 0 Å². The van der Waals surface area contributed by atoms with Gasteiger partial charge in [-0.1, -0.05) is 36.4 Å². The lowest BCUT2D eigenvalue weighted by Crippen LogP contribution is -2.47. The topological polar surface area (TPSA) is 48.7 Å². The van der Waals surface area contributed by atoms with E-state index in [9.17, 15) is 4.79 Å². The zero-order valence-corrected chi connectivity index (χ0v) is 16.3. The number of fused-ring (bicyclic) bond motifs is 1. The van der Waals surface area contributed by atoms with Gasteiger partial charge in [0.1, 0.15) is 5.58 Å². The van der Waals surface area contributed by atoms with Crippen LogP contribution in [-0.4, -0.2) is 49.6 Å². The minimum Gasteiger partial charge on any atom is -0.451 e. The molecule has 3 aromatic rings. The fourth-order valence-electron chi connectivity index (χ4n) is 3.71. The third-order valence-electron chi connectivity index (χ3n) is 5.40. The van der Waals surface area contributed by atoms with Gasteiger partial charge in [-0.15, -0.1) is 0 Å². The van der Waals surface area contributed by atoms with Crippen LogP contribution in [0.5, 0.6) is 0 Å². The van der Waals surface area contributed by atoms with E-state index in [0.29, 0.717) is 5.76 Å². The van der Waals surface area contributed by atoms with E-state index in [1.165, 1.54) is 5.69 Å². The zero-order valence-electron chi connectivity index (χ0n) is 16.3. The maximum absolute atomic E-state index is 12.5. The highest BCUT2D eigenvalue weighted by molar-refractivity contribution is 5.96. The maximum atomic E-state index is 12.5. The molecular formula is C23H27N3O2. The van der Waals surface area contributed by atoms with E-state index >= 15 is 0 Å². The molecule has 5 heteroatoms. The normalized spacial score (nSPS) is 16.2. The van der Waals surface area contributed by atoms with Crippen LogP contribution in [0.3, 0.4) is 0 Å². The zero-order chi connectivity index (χ0) is 19.3. The first-order valence-corrected chi connectivity index (χ1v) is 10.0. The standard InChI is InChI=1S/C23H27N3O2/c1-18(24-23(27)22-17-19-7-5-6-10-21(19)28-22)11-12-25-13-15-26(16-14-25)20-8-3-2-4-9-20/h2-10,17-18H,11-16H2,1H3,(H,24,27)/t18-/m1/s1. The van der Waals surface area contributed by atoms with Crippen LogP contribution in [0.2, 0.25) is 0 Å². The predicted octanol–water partition coefficient (Wildman–Crippen LogP) is 3.76. The van der Waals surface area contributed by atoms with Gasteiger partial charge in [-0.3, -0.25) is 9.69 Å². The van der Waals surface area contributed by atoms with Gasteiger partial charge in [-0.2, -0.15) is 0 Å². The van der Waals surface area contributed by atoms with Crippen LogP contribution in [0.1, 0.15) is 23.9 Å². The number of rotatable bonds is 6. The Morgan fingerprint density at radius 3 is 2.50 bits per heavy atom. The summed E-state index contributed by atoms with van der Waals surface area (Å²) in [5.41, 5.74) is 2.05. The number of piperazine rings is 1. The van der Waals surface area contributed by atoms with E-state index in [1.807, 2.05) is 24.3 Å². The van der Waals surface area contributed by atoms with Gasteiger partial charge in [0.05, 0.1) is 0 Å². The Bertz CT molecular complexity index is 881. The van der Waals surface area contributed by atoms with Gasteiger partial charge < -0.3 is 14.6 Å². The SMILES string of the molecule is C[C@H](CCN1CCN(c2ccccc2)CC1)NC(=O)c1cc2ccccc2o1. The molecule has 1 aromatic heterocycles. The number of nitrogens with one attached hydrogen (secondary N) is 1. The van der Waals surface area contributed by atoms with Crippen molar-refractivity contribution in [2.75, 3.05) is 37.6 Å². The first kappa shape index (κ1) is 18.6. The summed E-state index contributed by atoms with van der Waals surface area (Å²) in [6, 6.07) is 20.2. The van der Waals surface area contributed by atoms with Crippen LogP contribution in [0.25, 0.3) is 11.0 Å². The van der Waals surface area contributed by atoms with Crippen LogP contribution in [-0.2, 0) is 0 Å². The van der Waals surface area contributed by atoms with Gasteiger partial charge in [0.25, 0.3) is 5.91 Å². The van der Waals surface area contributed by atoms with Crippen LogP contribution in [0.4, 0.5) is 5.69 Å². The average molecular weight is 377 g/mol. The van der Waals surface area contributed by atoms with Crippen molar-refractivity contribution in [3.63, 3.8) is 0 Å². The highest BCUT2D eigenvalue weighted by atomic mass is 16.3. The van der Waals surface area contributed by atoms with E-state index < -0.39 is 0 Å². The van der Waals surface area contributed by atoms with Gasteiger partial charge in [0.2, 0.25) is 0 Å². The van der Waals surface area contributed by atoms with Gasteiger partial charge >= 0.3 is 0 Å². The lowest BCUT2D eigenvalue weighted by molar-refractivity contribution is 0.0909. The second-order valence-corrected chi connectivity index (χ2v) is 7.48. The Kier molecular flexibility index (Phi) is 5.63. The van der Waals surface area contributed by atoms with E-state index in [0.717, 1.165) is 50.1 Å². The number of benzene rings is 2. The number of para-hydroxylation sites is 2. The molecule has 1 atom stereocenters. The highest BCUT2D eigenvalue weighted by Gasteiger charge is 2.19. The monoisotopic (exact) mass is 377 g/mol. The van der Waals surface area contributed by atoms with Gasteiger partial charge in [0, 0.05) is 49.8 Å². The summed E-state index contributed by atoms with van der Waals surface area (Å²) >= 11 is 0. The fraction of sp³-hybridized carbons (Fsp3) is 0.348. The molecule has 1 aliphatic heterocycles. The van der Waals surface area contributed by atoms with E-state index in [-0.39, 0.29) is 11.9 Å². The Morgan fingerprint density at radius 2 is 1.75 bits per heavy atom. The molecule has 2 heterocycles. The number of carbonyl (C=O) groups excluding carboxylic acids is 1. The summed E-state index contributed by atoms with van der Waals surface area (Å²) in [7, 11) is 0. The second kappa shape index (κ2) is 8.48. The van der Waals surface area contributed by atoms with Crippen LogP contribution < -0.4 is 10.2 Å². The summed E-state index contributed by atoms with van der Waals surface area (Å²) in [6.07, 6.45) is 0.928. The summed E-state index contributed by atoms with van der Waals surface area (Å²) < 4.78 is 5.65. The molecule has 146 valence electrons. The first-order valence-electron chi connectivity index (χ1n) is 10.0. The molecule has 0 unspecified atom stereocenters. The van der Waals surface area contributed by atoms with Gasteiger partial charge in [0.15, 0.2) is 5.76 Å². The Morgan fingerprint density at radius 1 is 1.04 bits per heavy atom. The average Bonchev–Trinajstić information content (AvgIpc) is 3.18. The fourth-order valence-corrected chi connectivity index (χ4v) is 3.71. The molecule has 2 aromatic carbocycles. The van der Waals surface area contributed by atoms with Crippen molar-refractivity contribution in [1.29, 1.82) is 0 Å². The summed E-state index contributed by atoms with van der Waals surface area (Å²) in [6.45, 7) is 7.25. The Labute approximate surface area is 165 Å². The molecular weight excluding hydrogens is 350 g/mol. The third kappa shape index (κ3) is 4.37. The highest BCUT2D eigenvalue weighted by Crippen LogP contribution is 2.19. The molecule has 1 aliphatic rings.